The molecule has 0 aliphatic carbocycles. The Morgan fingerprint density at radius 1 is 1.17 bits per heavy atom. The van der Waals surface area contributed by atoms with Crippen molar-refractivity contribution in [1.29, 1.82) is 0 Å². The third-order valence-electron chi connectivity index (χ3n) is 2.73. The van der Waals surface area contributed by atoms with E-state index in [9.17, 15) is 23.6 Å². The van der Waals surface area contributed by atoms with Crippen LogP contribution < -0.4 is 14.8 Å². The average molecular weight is 338 g/mol. The van der Waals surface area contributed by atoms with E-state index in [4.69, 9.17) is 4.74 Å². The van der Waals surface area contributed by atoms with E-state index < -0.39 is 25.1 Å². The number of ether oxygens (including phenoxy) is 2. The van der Waals surface area contributed by atoms with Gasteiger partial charge in [0.25, 0.3) is 5.91 Å². The van der Waals surface area contributed by atoms with E-state index in [1.54, 1.807) is 0 Å². The molecule has 2 aromatic rings. The van der Waals surface area contributed by atoms with Gasteiger partial charge < -0.3 is 20.0 Å². The monoisotopic (exact) mass is 338 g/mol. The van der Waals surface area contributed by atoms with E-state index in [2.05, 4.69) is 10.1 Å². The van der Waals surface area contributed by atoms with Gasteiger partial charge in [-0.2, -0.15) is 13.5 Å². The van der Waals surface area contributed by atoms with Crippen molar-refractivity contribution in [1.82, 2.24) is 0 Å². The zero-order chi connectivity index (χ0) is 17.5. The summed E-state index contributed by atoms with van der Waals surface area (Å²) < 4.78 is 33.2. The lowest BCUT2D eigenvalue weighted by molar-refractivity contribution is -0.608. The second kappa shape index (κ2) is 7.86. The van der Waals surface area contributed by atoms with Crippen LogP contribution in [0.25, 0.3) is 0 Å². The second-order valence-electron chi connectivity index (χ2n) is 4.44. The lowest BCUT2D eigenvalue weighted by atomic mass is 10.3. The molecule has 0 spiro atoms. The maximum Gasteiger partial charge on any atom is 0.405 e. The summed E-state index contributed by atoms with van der Waals surface area (Å²) in [6.07, 6.45) is 1.12. The third-order valence-corrected chi connectivity index (χ3v) is 2.73. The minimum atomic E-state index is -2.94. The SMILES string of the molecule is O=C(COC(=O)c1cccc[n+]1[O-])Nc1ccc(OC(F)F)cc1. The number of hydrogen-bond donors (Lipinski definition) is 1. The van der Waals surface area contributed by atoms with E-state index in [-0.39, 0.29) is 11.4 Å². The number of pyridine rings is 1. The number of rotatable bonds is 6. The van der Waals surface area contributed by atoms with Crippen molar-refractivity contribution >= 4 is 17.6 Å². The summed E-state index contributed by atoms with van der Waals surface area (Å²) in [6, 6.07) is 9.37. The number of carbonyl (C=O) groups is 2. The molecule has 9 heteroatoms. The number of nitrogens with one attached hydrogen (secondary N) is 1. The molecule has 0 radical (unpaired) electrons. The zero-order valence-electron chi connectivity index (χ0n) is 12.1. The highest BCUT2D eigenvalue weighted by Crippen LogP contribution is 2.17. The van der Waals surface area contributed by atoms with Crippen molar-refractivity contribution in [2.75, 3.05) is 11.9 Å². The van der Waals surface area contributed by atoms with Crippen LogP contribution in [0.3, 0.4) is 0 Å². The first kappa shape index (κ1) is 17.1. The van der Waals surface area contributed by atoms with Crippen LogP contribution in [0.15, 0.2) is 48.7 Å². The molecule has 126 valence electrons. The predicted octanol–water partition coefficient (Wildman–Crippen LogP) is 1.72. The van der Waals surface area contributed by atoms with Gasteiger partial charge >= 0.3 is 18.3 Å². The standard InChI is InChI=1S/C15H12F2N2O5/c16-15(17)24-11-6-4-10(5-7-11)18-13(20)9-23-14(21)12-3-1-2-8-19(12)22/h1-8,15H,9H2,(H,18,20). The molecule has 0 fully saturated rings. The molecule has 0 saturated heterocycles. The largest absolute Gasteiger partial charge is 0.618 e. The molecule has 1 N–H and O–H groups in total. The Hall–Kier alpha value is -3.23. The van der Waals surface area contributed by atoms with Crippen molar-refractivity contribution in [2.45, 2.75) is 6.61 Å². The first-order valence-corrected chi connectivity index (χ1v) is 6.66. The number of aromatic nitrogens is 1. The minimum absolute atomic E-state index is 0.0569. The van der Waals surface area contributed by atoms with Crippen LogP contribution in [0.4, 0.5) is 14.5 Å². The van der Waals surface area contributed by atoms with Gasteiger partial charge in [-0.3, -0.25) is 4.79 Å². The van der Waals surface area contributed by atoms with E-state index in [0.717, 1.165) is 6.20 Å². The maximum atomic E-state index is 12.0. The van der Waals surface area contributed by atoms with Crippen molar-refractivity contribution in [3.05, 3.63) is 59.6 Å². The molecule has 7 nitrogen and oxygen atoms in total. The molecule has 0 aliphatic rings. The Bertz CT molecular complexity index is 722. The molecule has 24 heavy (non-hydrogen) atoms. The van der Waals surface area contributed by atoms with Crippen LogP contribution in [-0.4, -0.2) is 25.1 Å². The fraction of sp³-hybridized carbons (Fsp3) is 0.133. The molecule has 0 bridgehead atoms. The lowest BCUT2D eigenvalue weighted by Gasteiger charge is -2.08. The fourth-order valence-corrected chi connectivity index (χ4v) is 1.71. The molecule has 2 rings (SSSR count). The zero-order valence-corrected chi connectivity index (χ0v) is 12.1. The quantitative estimate of drug-likeness (QED) is 0.492. The van der Waals surface area contributed by atoms with Crippen molar-refractivity contribution in [3.8, 4) is 5.75 Å². The number of amides is 1. The molecule has 0 unspecified atom stereocenters. The van der Waals surface area contributed by atoms with Crippen LogP contribution in [0.1, 0.15) is 10.5 Å². The molecule has 1 heterocycles. The third kappa shape index (κ3) is 4.90. The van der Waals surface area contributed by atoms with Crippen molar-refractivity contribution in [2.24, 2.45) is 0 Å². The summed E-state index contributed by atoms with van der Waals surface area (Å²) in [4.78, 5) is 23.3. The predicted molar refractivity (Wildman–Crippen MR) is 77.4 cm³/mol. The molecule has 1 amide bonds. The van der Waals surface area contributed by atoms with Crippen LogP contribution in [0.2, 0.25) is 0 Å². The summed E-state index contributed by atoms with van der Waals surface area (Å²) in [5.74, 6) is -1.65. The molecular weight excluding hydrogens is 326 g/mol. The molecule has 1 aromatic carbocycles. The van der Waals surface area contributed by atoms with Crippen LogP contribution in [0.5, 0.6) is 5.75 Å². The summed E-state index contributed by atoms with van der Waals surface area (Å²) >= 11 is 0. The van der Waals surface area contributed by atoms with Gasteiger partial charge in [-0.25, -0.2) is 4.79 Å². The summed E-state index contributed by atoms with van der Waals surface area (Å²) in [7, 11) is 0. The number of halogens is 2. The van der Waals surface area contributed by atoms with Gasteiger partial charge in [-0.05, 0) is 30.3 Å². The first-order valence-electron chi connectivity index (χ1n) is 6.66. The minimum Gasteiger partial charge on any atom is -0.618 e. The summed E-state index contributed by atoms with van der Waals surface area (Å²) in [6.45, 7) is -3.55. The molecule has 0 aliphatic heterocycles. The van der Waals surface area contributed by atoms with Gasteiger partial charge in [0, 0.05) is 17.8 Å². The van der Waals surface area contributed by atoms with Gasteiger partial charge in [0.2, 0.25) is 0 Å². The van der Waals surface area contributed by atoms with E-state index in [1.807, 2.05) is 0 Å². The Balaban J connectivity index is 1.85. The fourth-order valence-electron chi connectivity index (χ4n) is 1.71. The Morgan fingerprint density at radius 3 is 2.50 bits per heavy atom. The molecular formula is C15H12F2N2O5. The number of esters is 1. The van der Waals surface area contributed by atoms with Gasteiger partial charge in [0.05, 0.1) is 0 Å². The molecule has 0 atom stereocenters. The van der Waals surface area contributed by atoms with Crippen LogP contribution in [0, 0.1) is 5.21 Å². The summed E-state index contributed by atoms with van der Waals surface area (Å²) in [5, 5.41) is 13.8. The highest BCUT2D eigenvalue weighted by Gasteiger charge is 2.18. The van der Waals surface area contributed by atoms with Crippen molar-refractivity contribution < 1.29 is 32.6 Å². The highest BCUT2D eigenvalue weighted by molar-refractivity contribution is 5.94. The second-order valence-corrected chi connectivity index (χ2v) is 4.44. The Labute approximate surface area is 135 Å². The maximum absolute atomic E-state index is 12.0. The Morgan fingerprint density at radius 2 is 1.88 bits per heavy atom. The van der Waals surface area contributed by atoms with Crippen LogP contribution >= 0.6 is 0 Å². The number of nitrogens with zero attached hydrogens (tertiary/aromatic N) is 1. The number of anilines is 1. The molecule has 1 aromatic heterocycles. The number of carbonyl (C=O) groups excluding carboxylic acids is 2. The van der Waals surface area contributed by atoms with Gasteiger partial charge in [0.1, 0.15) is 5.75 Å². The van der Waals surface area contributed by atoms with Crippen molar-refractivity contribution in [3.63, 3.8) is 0 Å². The summed E-state index contributed by atoms with van der Waals surface area (Å²) in [5.41, 5.74) is 0.0510. The smallest absolute Gasteiger partial charge is 0.405 e. The Kier molecular flexibility index (Phi) is 5.61. The van der Waals surface area contributed by atoms with Gasteiger partial charge in [0.15, 0.2) is 12.8 Å². The van der Waals surface area contributed by atoms with Gasteiger partial charge in [-0.15, -0.1) is 0 Å². The number of benzene rings is 1. The number of hydrogen-bond acceptors (Lipinski definition) is 5. The van der Waals surface area contributed by atoms with E-state index in [1.165, 1.54) is 42.5 Å². The van der Waals surface area contributed by atoms with Gasteiger partial charge in [-0.1, -0.05) is 0 Å². The average Bonchev–Trinajstić information content (AvgIpc) is 2.54. The number of alkyl halides is 2. The van der Waals surface area contributed by atoms with Crippen LogP contribution in [-0.2, 0) is 9.53 Å². The first-order chi connectivity index (χ1) is 11.5. The topological polar surface area (TPSA) is 91.6 Å². The molecule has 0 saturated carbocycles. The lowest BCUT2D eigenvalue weighted by Crippen LogP contribution is -2.35. The highest BCUT2D eigenvalue weighted by atomic mass is 19.3. The van der Waals surface area contributed by atoms with E-state index in [0.29, 0.717) is 10.4 Å². The van der Waals surface area contributed by atoms with E-state index >= 15 is 0 Å². The normalized spacial score (nSPS) is 10.3.